The molecule has 17 heavy (non-hydrogen) atoms. The van der Waals surface area contributed by atoms with Gasteiger partial charge >= 0.3 is 0 Å². The molecule has 2 rings (SSSR count). The smallest absolute Gasteiger partial charge is 0.269 e. The van der Waals surface area contributed by atoms with E-state index >= 15 is 0 Å². The standard InChI is InChI=1S/C12H17N3O2/c1-10-9-14(8-7-13(10)2)11-3-5-12(6-4-11)15(16)17/h3-6,10H,7-9H2,1-2H3/t10-/m0/s1. The molecule has 5 heteroatoms. The number of benzene rings is 1. The zero-order valence-electron chi connectivity index (χ0n) is 10.2. The molecular weight excluding hydrogens is 218 g/mol. The zero-order chi connectivity index (χ0) is 12.4. The number of non-ortho nitro benzene ring substituents is 1. The van der Waals surface area contributed by atoms with E-state index < -0.39 is 0 Å². The first kappa shape index (κ1) is 11.9. The monoisotopic (exact) mass is 235 g/mol. The van der Waals surface area contributed by atoms with Gasteiger partial charge in [0.2, 0.25) is 0 Å². The van der Waals surface area contributed by atoms with E-state index in [9.17, 15) is 10.1 Å². The fourth-order valence-corrected chi connectivity index (χ4v) is 2.07. The van der Waals surface area contributed by atoms with E-state index in [-0.39, 0.29) is 10.6 Å². The van der Waals surface area contributed by atoms with Gasteiger partial charge in [0.1, 0.15) is 0 Å². The van der Waals surface area contributed by atoms with Gasteiger partial charge in [-0.05, 0) is 26.1 Å². The predicted octanol–water partition coefficient (Wildman–Crippen LogP) is 1.74. The summed E-state index contributed by atoms with van der Waals surface area (Å²) in [5, 5.41) is 10.6. The number of nitro groups is 1. The summed E-state index contributed by atoms with van der Waals surface area (Å²) in [7, 11) is 2.12. The van der Waals surface area contributed by atoms with Crippen molar-refractivity contribution in [2.45, 2.75) is 13.0 Å². The normalized spacial score (nSPS) is 21.5. The minimum absolute atomic E-state index is 0.149. The van der Waals surface area contributed by atoms with Gasteiger partial charge in [0.05, 0.1) is 4.92 Å². The Labute approximate surface area is 101 Å². The van der Waals surface area contributed by atoms with Crippen molar-refractivity contribution in [1.82, 2.24) is 4.90 Å². The van der Waals surface area contributed by atoms with Gasteiger partial charge in [0.15, 0.2) is 0 Å². The van der Waals surface area contributed by atoms with Gasteiger partial charge in [0.25, 0.3) is 5.69 Å². The Morgan fingerprint density at radius 3 is 2.47 bits per heavy atom. The number of rotatable bonds is 2. The highest BCUT2D eigenvalue weighted by atomic mass is 16.6. The Hall–Kier alpha value is -1.62. The van der Waals surface area contributed by atoms with Crippen LogP contribution < -0.4 is 4.90 Å². The van der Waals surface area contributed by atoms with Crippen molar-refractivity contribution in [2.24, 2.45) is 0 Å². The summed E-state index contributed by atoms with van der Waals surface area (Å²) in [4.78, 5) is 14.8. The number of nitrogens with zero attached hydrogens (tertiary/aromatic N) is 3. The lowest BCUT2D eigenvalue weighted by Crippen LogP contribution is -2.50. The third-order valence-electron chi connectivity index (χ3n) is 3.39. The highest BCUT2D eigenvalue weighted by molar-refractivity contribution is 5.51. The molecule has 1 saturated heterocycles. The van der Waals surface area contributed by atoms with Crippen LogP contribution in [-0.2, 0) is 0 Å². The summed E-state index contributed by atoms with van der Waals surface area (Å²) < 4.78 is 0. The number of nitro benzene ring substituents is 1. The molecule has 0 amide bonds. The highest BCUT2D eigenvalue weighted by Crippen LogP contribution is 2.21. The third-order valence-corrected chi connectivity index (χ3v) is 3.39. The maximum Gasteiger partial charge on any atom is 0.269 e. The molecule has 5 nitrogen and oxygen atoms in total. The van der Waals surface area contributed by atoms with Crippen molar-refractivity contribution in [3.8, 4) is 0 Å². The van der Waals surface area contributed by atoms with Gasteiger partial charge in [-0.15, -0.1) is 0 Å². The second kappa shape index (κ2) is 4.71. The first-order chi connectivity index (χ1) is 8.08. The highest BCUT2D eigenvalue weighted by Gasteiger charge is 2.20. The van der Waals surface area contributed by atoms with Crippen LogP contribution in [0, 0.1) is 10.1 Å². The molecule has 0 aromatic heterocycles. The molecule has 92 valence electrons. The van der Waals surface area contributed by atoms with Gasteiger partial charge in [-0.25, -0.2) is 0 Å². The molecule has 0 saturated carbocycles. The first-order valence-corrected chi connectivity index (χ1v) is 5.77. The number of piperazine rings is 1. The molecule has 1 aromatic rings. The van der Waals surface area contributed by atoms with Crippen LogP contribution in [0.2, 0.25) is 0 Å². The number of hydrogen-bond donors (Lipinski definition) is 0. The Balaban J connectivity index is 2.10. The van der Waals surface area contributed by atoms with E-state index in [1.807, 2.05) is 12.1 Å². The van der Waals surface area contributed by atoms with Gasteiger partial charge in [-0.2, -0.15) is 0 Å². The van der Waals surface area contributed by atoms with Crippen molar-refractivity contribution < 1.29 is 4.92 Å². The summed E-state index contributed by atoms with van der Waals surface area (Å²) in [6.45, 7) is 5.16. The van der Waals surface area contributed by atoms with E-state index in [0.29, 0.717) is 6.04 Å². The maximum atomic E-state index is 10.6. The van der Waals surface area contributed by atoms with Crippen LogP contribution in [0.5, 0.6) is 0 Å². The molecule has 0 spiro atoms. The number of likely N-dealkylation sites (N-methyl/N-ethyl adjacent to an activating group) is 1. The molecule has 1 aliphatic rings. The lowest BCUT2D eigenvalue weighted by atomic mass is 10.1. The molecule has 0 radical (unpaired) electrons. The van der Waals surface area contributed by atoms with Crippen LogP contribution in [0.3, 0.4) is 0 Å². The van der Waals surface area contributed by atoms with Crippen molar-refractivity contribution in [2.75, 3.05) is 31.6 Å². The summed E-state index contributed by atoms with van der Waals surface area (Å²) >= 11 is 0. The molecule has 1 aromatic carbocycles. The van der Waals surface area contributed by atoms with Crippen LogP contribution in [0.4, 0.5) is 11.4 Å². The van der Waals surface area contributed by atoms with E-state index in [2.05, 4.69) is 23.8 Å². The average Bonchev–Trinajstić information content (AvgIpc) is 2.33. The lowest BCUT2D eigenvalue weighted by Gasteiger charge is -2.38. The molecule has 1 heterocycles. The van der Waals surface area contributed by atoms with Crippen LogP contribution >= 0.6 is 0 Å². The average molecular weight is 235 g/mol. The zero-order valence-corrected chi connectivity index (χ0v) is 10.2. The summed E-state index contributed by atoms with van der Waals surface area (Å²) in [5.74, 6) is 0. The Bertz CT molecular complexity index is 405. The van der Waals surface area contributed by atoms with E-state index in [0.717, 1.165) is 25.3 Å². The molecule has 0 bridgehead atoms. The molecule has 0 aliphatic carbocycles. The third kappa shape index (κ3) is 2.55. The predicted molar refractivity (Wildman–Crippen MR) is 67.4 cm³/mol. The molecule has 1 fully saturated rings. The topological polar surface area (TPSA) is 49.6 Å². The molecule has 1 atom stereocenters. The van der Waals surface area contributed by atoms with Crippen molar-refractivity contribution in [3.05, 3.63) is 34.4 Å². The minimum atomic E-state index is -0.365. The maximum absolute atomic E-state index is 10.6. The van der Waals surface area contributed by atoms with Crippen molar-refractivity contribution in [3.63, 3.8) is 0 Å². The molecule has 0 N–H and O–H groups in total. The fraction of sp³-hybridized carbons (Fsp3) is 0.500. The van der Waals surface area contributed by atoms with Gasteiger partial charge < -0.3 is 9.80 Å². The van der Waals surface area contributed by atoms with Crippen LogP contribution in [0.1, 0.15) is 6.92 Å². The van der Waals surface area contributed by atoms with Crippen LogP contribution in [0.25, 0.3) is 0 Å². The van der Waals surface area contributed by atoms with Gasteiger partial charge in [-0.1, -0.05) is 0 Å². The SMILES string of the molecule is C[C@H]1CN(c2ccc([N+](=O)[O-])cc2)CCN1C. The quantitative estimate of drug-likeness (QED) is 0.578. The van der Waals surface area contributed by atoms with Gasteiger partial charge in [0, 0.05) is 43.5 Å². The van der Waals surface area contributed by atoms with Crippen molar-refractivity contribution in [1.29, 1.82) is 0 Å². The van der Waals surface area contributed by atoms with Crippen molar-refractivity contribution >= 4 is 11.4 Å². The van der Waals surface area contributed by atoms with E-state index in [1.54, 1.807) is 12.1 Å². The first-order valence-electron chi connectivity index (χ1n) is 5.77. The second-order valence-electron chi connectivity index (χ2n) is 4.55. The van der Waals surface area contributed by atoms with Crippen LogP contribution in [0.15, 0.2) is 24.3 Å². The Morgan fingerprint density at radius 1 is 1.29 bits per heavy atom. The number of hydrogen-bond acceptors (Lipinski definition) is 4. The fourth-order valence-electron chi connectivity index (χ4n) is 2.07. The van der Waals surface area contributed by atoms with E-state index in [4.69, 9.17) is 0 Å². The lowest BCUT2D eigenvalue weighted by molar-refractivity contribution is -0.384. The van der Waals surface area contributed by atoms with Gasteiger partial charge in [-0.3, -0.25) is 10.1 Å². The number of anilines is 1. The van der Waals surface area contributed by atoms with Crippen LogP contribution in [-0.4, -0.2) is 42.5 Å². The summed E-state index contributed by atoms with van der Waals surface area (Å²) in [6.07, 6.45) is 0. The van der Waals surface area contributed by atoms with E-state index in [1.165, 1.54) is 0 Å². The largest absolute Gasteiger partial charge is 0.369 e. The molecule has 0 unspecified atom stereocenters. The Kier molecular flexibility index (Phi) is 3.28. The Morgan fingerprint density at radius 2 is 1.94 bits per heavy atom. The second-order valence-corrected chi connectivity index (χ2v) is 4.55. The molecule has 1 aliphatic heterocycles. The summed E-state index contributed by atoms with van der Waals surface area (Å²) in [5.41, 5.74) is 1.21. The minimum Gasteiger partial charge on any atom is -0.369 e. The summed E-state index contributed by atoms with van der Waals surface area (Å²) in [6, 6.07) is 7.31. The molecular formula is C12H17N3O2.